The Balaban J connectivity index is 1.53. The number of amides is 2. The van der Waals surface area contributed by atoms with E-state index < -0.39 is 0 Å². The van der Waals surface area contributed by atoms with Gasteiger partial charge in [0.25, 0.3) is 5.91 Å². The van der Waals surface area contributed by atoms with E-state index in [0.29, 0.717) is 30.2 Å². The Labute approximate surface area is 217 Å². The van der Waals surface area contributed by atoms with Crippen LogP contribution in [0.3, 0.4) is 0 Å². The molecule has 0 fully saturated rings. The first-order valence-electron chi connectivity index (χ1n) is 12.4. The maximum atomic E-state index is 13.6. The Bertz CT molecular complexity index is 1330. The second-order valence-corrected chi connectivity index (χ2v) is 9.58. The minimum absolute atomic E-state index is 0.0267. The van der Waals surface area contributed by atoms with Crippen molar-refractivity contribution in [2.75, 3.05) is 19.6 Å². The highest BCUT2D eigenvalue weighted by molar-refractivity contribution is 6.31. The number of halogens is 1. The number of H-pyrrole nitrogens is 1. The SMILES string of the molecule is CCCN(CC(=O)N(CCc1c[nH]c2ccccc12)Cc1ccc(C)cc1)C(=O)c1cccc(Cl)c1. The minimum Gasteiger partial charge on any atom is -0.361 e. The minimum atomic E-state index is -0.181. The number of aromatic amines is 1. The standard InChI is InChI=1S/C30H32ClN3O2/c1-3-16-34(30(36)24-7-6-8-26(31)18-24)21-29(35)33(20-23-13-11-22(2)12-14-23)17-15-25-19-32-28-10-5-4-9-27(25)28/h4-14,18-19,32H,3,15-17,20-21H2,1-2H3. The first kappa shape index (κ1) is 25.5. The second-order valence-electron chi connectivity index (χ2n) is 9.15. The van der Waals surface area contributed by atoms with E-state index in [-0.39, 0.29) is 18.4 Å². The van der Waals surface area contributed by atoms with Gasteiger partial charge in [0.2, 0.25) is 5.91 Å². The first-order valence-corrected chi connectivity index (χ1v) is 12.8. The van der Waals surface area contributed by atoms with Crippen LogP contribution in [0.15, 0.2) is 79.0 Å². The Morgan fingerprint density at radius 2 is 1.69 bits per heavy atom. The largest absolute Gasteiger partial charge is 0.361 e. The lowest BCUT2D eigenvalue weighted by Gasteiger charge is -2.28. The van der Waals surface area contributed by atoms with Gasteiger partial charge in [-0.3, -0.25) is 9.59 Å². The van der Waals surface area contributed by atoms with Gasteiger partial charge in [-0.1, -0.05) is 72.6 Å². The predicted molar refractivity (Wildman–Crippen MR) is 146 cm³/mol. The van der Waals surface area contributed by atoms with E-state index >= 15 is 0 Å². The molecule has 0 bridgehead atoms. The van der Waals surface area contributed by atoms with Crippen molar-refractivity contribution in [2.45, 2.75) is 33.2 Å². The van der Waals surface area contributed by atoms with E-state index in [1.54, 1.807) is 29.2 Å². The number of para-hydroxylation sites is 1. The van der Waals surface area contributed by atoms with Gasteiger partial charge in [-0.25, -0.2) is 0 Å². The third kappa shape index (κ3) is 6.35. The fourth-order valence-corrected chi connectivity index (χ4v) is 4.58. The van der Waals surface area contributed by atoms with Crippen LogP contribution in [0, 0.1) is 6.92 Å². The highest BCUT2D eigenvalue weighted by Gasteiger charge is 2.22. The number of fused-ring (bicyclic) bond motifs is 1. The molecule has 186 valence electrons. The van der Waals surface area contributed by atoms with E-state index in [1.165, 1.54) is 16.5 Å². The van der Waals surface area contributed by atoms with Gasteiger partial charge in [-0.15, -0.1) is 0 Å². The molecule has 0 saturated heterocycles. The molecule has 0 radical (unpaired) electrons. The third-order valence-electron chi connectivity index (χ3n) is 6.35. The zero-order valence-corrected chi connectivity index (χ0v) is 21.6. The number of carbonyl (C=O) groups is 2. The second kappa shape index (κ2) is 11.9. The van der Waals surface area contributed by atoms with Crippen molar-refractivity contribution in [3.63, 3.8) is 0 Å². The smallest absolute Gasteiger partial charge is 0.254 e. The summed E-state index contributed by atoms with van der Waals surface area (Å²) in [7, 11) is 0. The fourth-order valence-electron chi connectivity index (χ4n) is 4.39. The predicted octanol–water partition coefficient (Wildman–Crippen LogP) is 6.25. The van der Waals surface area contributed by atoms with E-state index in [2.05, 4.69) is 41.4 Å². The lowest BCUT2D eigenvalue weighted by atomic mass is 10.1. The van der Waals surface area contributed by atoms with Crippen LogP contribution in [0.4, 0.5) is 0 Å². The molecule has 0 unspecified atom stereocenters. The number of hydrogen-bond donors (Lipinski definition) is 1. The molecule has 0 saturated carbocycles. The first-order chi connectivity index (χ1) is 17.4. The van der Waals surface area contributed by atoms with Crippen LogP contribution in [0.25, 0.3) is 10.9 Å². The molecule has 0 aliphatic heterocycles. The maximum Gasteiger partial charge on any atom is 0.254 e. The lowest BCUT2D eigenvalue weighted by molar-refractivity contribution is -0.132. The van der Waals surface area contributed by atoms with Gasteiger partial charge in [0.1, 0.15) is 6.54 Å². The summed E-state index contributed by atoms with van der Waals surface area (Å²) in [5.74, 6) is -0.251. The number of nitrogens with one attached hydrogen (secondary N) is 1. The topological polar surface area (TPSA) is 56.4 Å². The number of aryl methyl sites for hydroxylation is 1. The Morgan fingerprint density at radius 1 is 0.917 bits per heavy atom. The summed E-state index contributed by atoms with van der Waals surface area (Å²) >= 11 is 6.11. The number of carbonyl (C=O) groups excluding carboxylic acids is 2. The molecule has 0 aliphatic carbocycles. The Hall–Kier alpha value is -3.57. The number of hydrogen-bond acceptors (Lipinski definition) is 2. The molecule has 1 heterocycles. The third-order valence-corrected chi connectivity index (χ3v) is 6.59. The van der Waals surface area contributed by atoms with Gasteiger partial charge in [0.05, 0.1) is 0 Å². The molecule has 1 N–H and O–H groups in total. The van der Waals surface area contributed by atoms with Gasteiger partial charge in [-0.2, -0.15) is 0 Å². The average molecular weight is 502 g/mol. The van der Waals surface area contributed by atoms with Crippen molar-refractivity contribution in [3.05, 3.63) is 106 Å². The summed E-state index contributed by atoms with van der Waals surface area (Å²) in [6.07, 6.45) is 3.50. The van der Waals surface area contributed by atoms with Crippen molar-refractivity contribution < 1.29 is 9.59 Å². The number of aromatic nitrogens is 1. The van der Waals surface area contributed by atoms with E-state index in [4.69, 9.17) is 11.6 Å². The van der Waals surface area contributed by atoms with Gasteiger partial charge >= 0.3 is 0 Å². The van der Waals surface area contributed by atoms with E-state index in [9.17, 15) is 9.59 Å². The zero-order valence-electron chi connectivity index (χ0n) is 20.8. The average Bonchev–Trinajstić information content (AvgIpc) is 3.30. The molecule has 4 rings (SSSR count). The number of benzene rings is 3. The van der Waals surface area contributed by atoms with Crippen LogP contribution < -0.4 is 0 Å². The summed E-state index contributed by atoms with van der Waals surface area (Å²) in [6, 6.07) is 23.3. The van der Waals surface area contributed by atoms with Crippen LogP contribution in [-0.2, 0) is 17.8 Å². The monoisotopic (exact) mass is 501 g/mol. The molecule has 3 aromatic carbocycles. The molecule has 2 amide bonds. The summed E-state index contributed by atoms with van der Waals surface area (Å²) in [4.78, 5) is 33.7. The summed E-state index contributed by atoms with van der Waals surface area (Å²) < 4.78 is 0. The van der Waals surface area contributed by atoms with Crippen LogP contribution in [-0.4, -0.2) is 46.2 Å². The van der Waals surface area contributed by atoms with E-state index in [0.717, 1.165) is 23.9 Å². The Morgan fingerprint density at radius 3 is 2.44 bits per heavy atom. The molecule has 4 aromatic rings. The fraction of sp³-hybridized carbons (Fsp3) is 0.267. The Kier molecular flexibility index (Phi) is 8.44. The van der Waals surface area contributed by atoms with Gasteiger partial charge in [-0.05, 0) is 55.2 Å². The molecule has 6 heteroatoms. The lowest BCUT2D eigenvalue weighted by Crippen LogP contribution is -2.43. The van der Waals surface area contributed by atoms with Crippen LogP contribution >= 0.6 is 11.6 Å². The molecule has 0 spiro atoms. The van der Waals surface area contributed by atoms with Crippen LogP contribution in [0.2, 0.25) is 5.02 Å². The van der Waals surface area contributed by atoms with Crippen molar-refractivity contribution in [1.82, 2.24) is 14.8 Å². The van der Waals surface area contributed by atoms with Crippen molar-refractivity contribution >= 4 is 34.3 Å². The van der Waals surface area contributed by atoms with Crippen molar-refractivity contribution in [1.29, 1.82) is 0 Å². The van der Waals surface area contributed by atoms with Gasteiger partial charge < -0.3 is 14.8 Å². The zero-order chi connectivity index (χ0) is 25.5. The highest BCUT2D eigenvalue weighted by atomic mass is 35.5. The molecule has 36 heavy (non-hydrogen) atoms. The molecule has 5 nitrogen and oxygen atoms in total. The molecular weight excluding hydrogens is 470 g/mol. The summed E-state index contributed by atoms with van der Waals surface area (Å²) in [5, 5.41) is 1.67. The molecule has 0 atom stereocenters. The molecule has 1 aromatic heterocycles. The quantitative estimate of drug-likeness (QED) is 0.279. The summed E-state index contributed by atoms with van der Waals surface area (Å²) in [6.45, 7) is 5.63. The van der Waals surface area contributed by atoms with Crippen molar-refractivity contribution in [2.24, 2.45) is 0 Å². The maximum absolute atomic E-state index is 13.6. The van der Waals surface area contributed by atoms with Crippen LogP contribution in [0.5, 0.6) is 0 Å². The van der Waals surface area contributed by atoms with Crippen LogP contribution in [0.1, 0.15) is 40.4 Å². The van der Waals surface area contributed by atoms with E-state index in [1.807, 2.05) is 37.1 Å². The van der Waals surface area contributed by atoms with Gasteiger partial charge in [0.15, 0.2) is 0 Å². The highest BCUT2D eigenvalue weighted by Crippen LogP contribution is 2.19. The molecular formula is C30H32ClN3O2. The number of nitrogens with zero attached hydrogens (tertiary/aromatic N) is 2. The van der Waals surface area contributed by atoms with Gasteiger partial charge in [0, 0.05) is 47.3 Å². The molecule has 0 aliphatic rings. The van der Waals surface area contributed by atoms with Crippen molar-refractivity contribution in [3.8, 4) is 0 Å². The normalized spacial score (nSPS) is 11.0. The summed E-state index contributed by atoms with van der Waals surface area (Å²) in [5.41, 5.74) is 5.00. The number of rotatable bonds is 10.